The Balaban J connectivity index is 4.78. The first-order chi connectivity index (χ1) is 30.5. The van der Waals surface area contributed by atoms with Crippen molar-refractivity contribution >= 4 is 11.9 Å². The SMILES string of the molecule is CC/C=C/C/C=C/C/C=C/C/C=C/CCCCCC(=O)OC(CCC/C=C\C/C=C\C/C=C\C/C=C\CCCCC)CC(=O)NC(CO)C(O)CCCCCCCCCCCC. The van der Waals surface area contributed by atoms with Crippen LogP contribution in [0.2, 0.25) is 0 Å². The first kappa shape index (κ1) is 58.8. The highest BCUT2D eigenvalue weighted by Gasteiger charge is 2.24. The van der Waals surface area contributed by atoms with Gasteiger partial charge in [-0.15, -0.1) is 0 Å². The molecule has 0 saturated carbocycles. The molecule has 0 aromatic rings. The van der Waals surface area contributed by atoms with Gasteiger partial charge >= 0.3 is 5.97 Å². The van der Waals surface area contributed by atoms with Gasteiger partial charge in [-0.25, -0.2) is 0 Å². The molecule has 0 aromatic carbocycles. The molecule has 0 aliphatic rings. The Morgan fingerprint density at radius 2 is 0.887 bits per heavy atom. The lowest BCUT2D eigenvalue weighted by Crippen LogP contribution is -2.46. The molecule has 0 spiro atoms. The van der Waals surface area contributed by atoms with Crippen molar-refractivity contribution in [1.82, 2.24) is 5.32 Å². The number of ether oxygens (including phenoxy) is 1. The third-order valence-electron chi connectivity index (χ3n) is 10.9. The van der Waals surface area contributed by atoms with Crippen molar-refractivity contribution in [2.75, 3.05) is 6.61 Å². The lowest BCUT2D eigenvalue weighted by Gasteiger charge is -2.24. The number of carbonyl (C=O) groups excluding carboxylic acids is 2. The molecule has 354 valence electrons. The van der Waals surface area contributed by atoms with Crippen LogP contribution in [0.15, 0.2) is 97.2 Å². The average molecular weight is 862 g/mol. The first-order valence-corrected chi connectivity index (χ1v) is 25.5. The zero-order valence-electron chi connectivity index (χ0n) is 40.2. The van der Waals surface area contributed by atoms with E-state index in [0.29, 0.717) is 19.3 Å². The van der Waals surface area contributed by atoms with Gasteiger partial charge in [0.25, 0.3) is 0 Å². The van der Waals surface area contributed by atoms with Crippen molar-refractivity contribution < 1.29 is 24.5 Å². The highest BCUT2D eigenvalue weighted by molar-refractivity contribution is 5.77. The Morgan fingerprint density at radius 3 is 1.37 bits per heavy atom. The van der Waals surface area contributed by atoms with Crippen molar-refractivity contribution in [3.8, 4) is 0 Å². The highest BCUT2D eigenvalue weighted by atomic mass is 16.5. The second-order valence-electron chi connectivity index (χ2n) is 16.8. The smallest absolute Gasteiger partial charge is 0.306 e. The van der Waals surface area contributed by atoms with Crippen LogP contribution in [0.25, 0.3) is 0 Å². The van der Waals surface area contributed by atoms with Gasteiger partial charge < -0.3 is 20.3 Å². The van der Waals surface area contributed by atoms with Crippen LogP contribution in [0.1, 0.15) is 220 Å². The molecular formula is C56H95NO5. The Hall–Kier alpha value is -3.22. The minimum absolute atomic E-state index is 0.0215. The van der Waals surface area contributed by atoms with Gasteiger partial charge in [0.05, 0.1) is 25.2 Å². The van der Waals surface area contributed by atoms with E-state index in [2.05, 4.69) is 123 Å². The normalized spacial score (nSPS) is 14.1. The van der Waals surface area contributed by atoms with Crippen LogP contribution < -0.4 is 5.32 Å². The lowest BCUT2D eigenvalue weighted by molar-refractivity contribution is -0.151. The van der Waals surface area contributed by atoms with Crippen LogP contribution in [0.3, 0.4) is 0 Å². The van der Waals surface area contributed by atoms with E-state index in [1.54, 1.807) is 0 Å². The van der Waals surface area contributed by atoms with Crippen LogP contribution in [0.4, 0.5) is 0 Å². The maximum absolute atomic E-state index is 13.2. The first-order valence-electron chi connectivity index (χ1n) is 25.5. The van der Waals surface area contributed by atoms with E-state index in [9.17, 15) is 19.8 Å². The van der Waals surface area contributed by atoms with Crippen LogP contribution in [0, 0.1) is 0 Å². The van der Waals surface area contributed by atoms with E-state index < -0.39 is 18.2 Å². The number of aliphatic hydroxyl groups excluding tert-OH is 2. The number of hydrogen-bond donors (Lipinski definition) is 3. The second-order valence-corrected chi connectivity index (χ2v) is 16.8. The number of nitrogens with one attached hydrogen (secondary N) is 1. The predicted octanol–water partition coefficient (Wildman–Crippen LogP) is 15.3. The molecule has 3 atom stereocenters. The molecule has 1 amide bonds. The van der Waals surface area contributed by atoms with Gasteiger partial charge in [0.2, 0.25) is 5.91 Å². The van der Waals surface area contributed by atoms with Gasteiger partial charge in [-0.1, -0.05) is 201 Å². The number of allylic oxidation sites excluding steroid dienone is 16. The molecule has 0 fully saturated rings. The molecule has 6 nitrogen and oxygen atoms in total. The van der Waals surface area contributed by atoms with Gasteiger partial charge in [0.1, 0.15) is 6.10 Å². The predicted molar refractivity (Wildman–Crippen MR) is 268 cm³/mol. The number of esters is 1. The maximum Gasteiger partial charge on any atom is 0.306 e. The molecule has 6 heteroatoms. The fraction of sp³-hybridized carbons (Fsp3) is 0.679. The molecule has 0 saturated heterocycles. The second kappa shape index (κ2) is 48.8. The van der Waals surface area contributed by atoms with E-state index >= 15 is 0 Å². The molecule has 0 aliphatic heterocycles. The summed E-state index contributed by atoms with van der Waals surface area (Å²) in [6, 6.07) is -0.730. The van der Waals surface area contributed by atoms with Crippen molar-refractivity contribution in [3.63, 3.8) is 0 Å². The van der Waals surface area contributed by atoms with E-state index in [0.717, 1.165) is 103 Å². The minimum Gasteiger partial charge on any atom is -0.462 e. The number of aliphatic hydroxyl groups is 2. The molecule has 0 heterocycles. The van der Waals surface area contributed by atoms with E-state index in [4.69, 9.17) is 4.74 Å². The van der Waals surface area contributed by atoms with Gasteiger partial charge in [-0.2, -0.15) is 0 Å². The van der Waals surface area contributed by atoms with Crippen molar-refractivity contribution in [2.24, 2.45) is 0 Å². The van der Waals surface area contributed by atoms with Crippen molar-refractivity contribution in [1.29, 1.82) is 0 Å². The van der Waals surface area contributed by atoms with E-state index in [1.807, 2.05) is 0 Å². The highest BCUT2D eigenvalue weighted by Crippen LogP contribution is 2.16. The van der Waals surface area contributed by atoms with Crippen LogP contribution in [-0.2, 0) is 14.3 Å². The van der Waals surface area contributed by atoms with Gasteiger partial charge in [0.15, 0.2) is 0 Å². The standard InChI is InChI=1S/C56H95NO5/c1-4-7-10-13-16-19-22-24-26-28-29-31-33-35-38-41-44-47-52(50-55(60)57-53(51-58)54(59)48-45-42-39-36-21-18-15-12-9-6-3)62-56(61)49-46-43-40-37-34-32-30-27-25-23-20-17-14-11-8-5-2/h8,11,16-17,19-20,24-27,29,31-32,34-35,38,52-54,58-59H,4-7,9-10,12-15,18,21-23,28,30,33,36-37,39-51H2,1-3H3,(H,57,60)/b11-8+,19-16-,20-17+,26-24-,27-25+,31-29-,34-32+,38-35-. The molecule has 62 heavy (non-hydrogen) atoms. The van der Waals surface area contributed by atoms with E-state index in [1.165, 1.54) is 70.6 Å². The molecule has 3 N–H and O–H groups in total. The van der Waals surface area contributed by atoms with Crippen LogP contribution in [-0.4, -0.2) is 46.9 Å². The Labute approximate surface area is 382 Å². The number of carbonyl (C=O) groups is 2. The zero-order chi connectivity index (χ0) is 45.2. The Morgan fingerprint density at radius 1 is 0.484 bits per heavy atom. The number of hydrogen-bond acceptors (Lipinski definition) is 5. The molecule has 3 unspecified atom stereocenters. The minimum atomic E-state index is -0.812. The van der Waals surface area contributed by atoms with Crippen molar-refractivity contribution in [3.05, 3.63) is 97.2 Å². The monoisotopic (exact) mass is 862 g/mol. The molecule has 0 aromatic heterocycles. The summed E-state index contributed by atoms with van der Waals surface area (Å²) in [5.74, 6) is -0.573. The quantitative estimate of drug-likeness (QED) is 0.0322. The zero-order valence-corrected chi connectivity index (χ0v) is 40.2. The summed E-state index contributed by atoms with van der Waals surface area (Å²) < 4.78 is 5.89. The largest absolute Gasteiger partial charge is 0.462 e. The maximum atomic E-state index is 13.2. The topological polar surface area (TPSA) is 95.9 Å². The summed E-state index contributed by atoms with van der Waals surface area (Å²) in [7, 11) is 0. The van der Waals surface area contributed by atoms with Crippen LogP contribution >= 0.6 is 0 Å². The summed E-state index contributed by atoms with van der Waals surface area (Å²) in [4.78, 5) is 26.1. The third kappa shape index (κ3) is 43.4. The molecule has 0 rings (SSSR count). The third-order valence-corrected chi connectivity index (χ3v) is 10.9. The molecular weight excluding hydrogens is 767 g/mol. The van der Waals surface area contributed by atoms with Crippen molar-refractivity contribution in [2.45, 2.75) is 238 Å². The fourth-order valence-corrected chi connectivity index (χ4v) is 7.06. The molecule has 0 bridgehead atoms. The lowest BCUT2D eigenvalue weighted by atomic mass is 10.0. The Bertz CT molecular complexity index is 1240. The summed E-state index contributed by atoms with van der Waals surface area (Å²) in [5, 5.41) is 23.7. The van der Waals surface area contributed by atoms with Crippen LogP contribution in [0.5, 0.6) is 0 Å². The average Bonchev–Trinajstić information content (AvgIpc) is 3.26. The Kier molecular flexibility index (Phi) is 46.3. The van der Waals surface area contributed by atoms with E-state index in [-0.39, 0.29) is 24.9 Å². The summed E-state index contributed by atoms with van der Waals surface area (Å²) in [6.45, 7) is 6.29. The summed E-state index contributed by atoms with van der Waals surface area (Å²) >= 11 is 0. The summed E-state index contributed by atoms with van der Waals surface area (Å²) in [5.41, 5.74) is 0. The van der Waals surface area contributed by atoms with Gasteiger partial charge in [-0.3, -0.25) is 9.59 Å². The fourth-order valence-electron chi connectivity index (χ4n) is 7.06. The summed E-state index contributed by atoms with van der Waals surface area (Å²) in [6.07, 6.45) is 64.7. The number of unbranched alkanes of at least 4 members (excludes halogenated alkanes) is 16. The van der Waals surface area contributed by atoms with Gasteiger partial charge in [-0.05, 0) is 103 Å². The number of rotatable bonds is 44. The van der Waals surface area contributed by atoms with Gasteiger partial charge in [0, 0.05) is 6.42 Å². The molecule has 0 aliphatic carbocycles. The molecule has 0 radical (unpaired) electrons. The number of amides is 1.